The largest absolute Gasteiger partial charge is 0.486 e. The molecule has 1 aliphatic rings. The smallest absolute Gasteiger partial charge is 0.286 e. The standard InChI is InChI=1S/C20H18N4O5S/c25-20(14-10-17-18(29-9-8-28-17)11-16(14)24(26)27)22-5-1-2-19-23-15(12-30-19)13-3-6-21-7-4-13/h3-4,6-7,10-12H,1-2,5,8-9H2,(H,22,25). The first kappa shape index (κ1) is 19.8. The molecule has 9 nitrogen and oxygen atoms in total. The van der Waals surface area contributed by atoms with Gasteiger partial charge in [-0.05, 0) is 18.6 Å². The third kappa shape index (κ3) is 4.38. The number of pyridine rings is 1. The molecule has 154 valence electrons. The van der Waals surface area contributed by atoms with E-state index in [9.17, 15) is 14.9 Å². The van der Waals surface area contributed by atoms with E-state index in [1.54, 1.807) is 23.7 Å². The number of amides is 1. The maximum absolute atomic E-state index is 12.5. The Labute approximate surface area is 175 Å². The average molecular weight is 426 g/mol. The minimum Gasteiger partial charge on any atom is -0.486 e. The normalized spacial score (nSPS) is 12.4. The van der Waals surface area contributed by atoms with Crippen LogP contribution in [-0.2, 0) is 6.42 Å². The molecule has 3 aromatic rings. The van der Waals surface area contributed by atoms with Gasteiger partial charge in [-0.3, -0.25) is 19.9 Å². The first-order valence-electron chi connectivity index (χ1n) is 9.33. The van der Waals surface area contributed by atoms with Crippen molar-refractivity contribution in [3.05, 3.63) is 62.7 Å². The van der Waals surface area contributed by atoms with Crippen LogP contribution in [0.2, 0.25) is 0 Å². The van der Waals surface area contributed by atoms with E-state index in [1.165, 1.54) is 12.1 Å². The van der Waals surface area contributed by atoms with E-state index in [0.29, 0.717) is 38.3 Å². The van der Waals surface area contributed by atoms with Gasteiger partial charge < -0.3 is 14.8 Å². The number of carbonyl (C=O) groups excluding carboxylic acids is 1. The second-order valence-electron chi connectivity index (χ2n) is 6.49. The number of aryl methyl sites for hydroxylation is 1. The number of nitro groups is 1. The summed E-state index contributed by atoms with van der Waals surface area (Å²) in [6.45, 7) is 1.02. The zero-order valence-corrected chi connectivity index (χ0v) is 16.7. The van der Waals surface area contributed by atoms with Crippen LogP contribution in [0.25, 0.3) is 11.3 Å². The van der Waals surface area contributed by atoms with Gasteiger partial charge in [0.15, 0.2) is 11.5 Å². The first-order chi connectivity index (χ1) is 14.6. The Morgan fingerprint density at radius 1 is 1.20 bits per heavy atom. The van der Waals surface area contributed by atoms with E-state index < -0.39 is 10.8 Å². The van der Waals surface area contributed by atoms with Crippen LogP contribution in [0.5, 0.6) is 11.5 Å². The highest BCUT2D eigenvalue weighted by Crippen LogP contribution is 2.36. The second-order valence-corrected chi connectivity index (χ2v) is 7.43. The van der Waals surface area contributed by atoms with Crippen LogP contribution < -0.4 is 14.8 Å². The number of hydrogen-bond acceptors (Lipinski definition) is 8. The van der Waals surface area contributed by atoms with Gasteiger partial charge in [0.25, 0.3) is 11.6 Å². The lowest BCUT2D eigenvalue weighted by molar-refractivity contribution is -0.385. The maximum atomic E-state index is 12.5. The highest BCUT2D eigenvalue weighted by atomic mass is 32.1. The van der Waals surface area contributed by atoms with Crippen LogP contribution in [0, 0.1) is 10.1 Å². The molecular formula is C20H18N4O5S. The summed E-state index contributed by atoms with van der Waals surface area (Å²) in [5.74, 6) is 0.0944. The van der Waals surface area contributed by atoms with E-state index >= 15 is 0 Å². The number of ether oxygens (including phenoxy) is 2. The molecule has 0 unspecified atom stereocenters. The third-order valence-corrected chi connectivity index (χ3v) is 5.39. The van der Waals surface area contributed by atoms with E-state index in [0.717, 1.165) is 16.3 Å². The first-order valence-corrected chi connectivity index (χ1v) is 10.2. The summed E-state index contributed by atoms with van der Waals surface area (Å²) in [4.78, 5) is 31.9. The molecular weight excluding hydrogens is 408 g/mol. The number of nitrogens with zero attached hydrogens (tertiary/aromatic N) is 3. The Balaban J connectivity index is 1.35. The van der Waals surface area contributed by atoms with Crippen LogP contribution in [0.15, 0.2) is 42.0 Å². The van der Waals surface area contributed by atoms with E-state index in [-0.39, 0.29) is 17.0 Å². The fourth-order valence-electron chi connectivity index (χ4n) is 3.03. The number of benzene rings is 1. The lowest BCUT2D eigenvalue weighted by Crippen LogP contribution is -2.26. The number of rotatable bonds is 7. The zero-order valence-electron chi connectivity index (χ0n) is 15.9. The van der Waals surface area contributed by atoms with Gasteiger partial charge in [-0.25, -0.2) is 4.98 Å². The summed E-state index contributed by atoms with van der Waals surface area (Å²) in [6, 6.07) is 6.40. The zero-order chi connectivity index (χ0) is 20.9. The van der Waals surface area contributed by atoms with Crippen LogP contribution in [0.4, 0.5) is 5.69 Å². The number of carbonyl (C=O) groups is 1. The second kappa shape index (κ2) is 8.87. The molecule has 1 aliphatic heterocycles. The number of hydrogen-bond donors (Lipinski definition) is 1. The van der Waals surface area contributed by atoms with Gasteiger partial charge in [0.1, 0.15) is 18.8 Å². The van der Waals surface area contributed by atoms with Gasteiger partial charge in [0.2, 0.25) is 0 Å². The Hall–Kier alpha value is -3.53. The molecule has 1 aromatic carbocycles. The van der Waals surface area contributed by atoms with Crippen molar-refractivity contribution in [1.29, 1.82) is 0 Å². The number of thiazole rings is 1. The van der Waals surface area contributed by atoms with Gasteiger partial charge in [-0.2, -0.15) is 0 Å². The average Bonchev–Trinajstić information content (AvgIpc) is 3.25. The molecule has 0 radical (unpaired) electrons. The predicted molar refractivity (Wildman–Crippen MR) is 110 cm³/mol. The van der Waals surface area contributed by atoms with Crippen molar-refractivity contribution >= 4 is 22.9 Å². The monoisotopic (exact) mass is 426 g/mol. The fourth-order valence-corrected chi connectivity index (χ4v) is 3.88. The van der Waals surface area contributed by atoms with Crippen LogP contribution >= 0.6 is 11.3 Å². The number of nitro benzene ring substituents is 1. The van der Waals surface area contributed by atoms with Crippen molar-refractivity contribution in [2.24, 2.45) is 0 Å². The Bertz CT molecular complexity index is 1070. The SMILES string of the molecule is O=C(NCCCc1nc(-c2ccncc2)cs1)c1cc2c(cc1[N+](=O)[O-])OCCO2. The predicted octanol–water partition coefficient (Wildman–Crippen LogP) is 3.25. The minimum atomic E-state index is -0.594. The molecule has 0 atom stereocenters. The van der Waals surface area contributed by atoms with E-state index in [1.807, 2.05) is 17.5 Å². The van der Waals surface area contributed by atoms with Crippen molar-refractivity contribution in [2.45, 2.75) is 12.8 Å². The maximum Gasteiger partial charge on any atom is 0.286 e. The van der Waals surface area contributed by atoms with Crippen molar-refractivity contribution in [3.8, 4) is 22.8 Å². The van der Waals surface area contributed by atoms with Gasteiger partial charge in [-0.15, -0.1) is 11.3 Å². The molecule has 0 saturated carbocycles. The molecule has 0 aliphatic carbocycles. The molecule has 0 fully saturated rings. The van der Waals surface area contributed by atoms with Gasteiger partial charge >= 0.3 is 0 Å². The van der Waals surface area contributed by atoms with Gasteiger partial charge in [0.05, 0.1) is 21.7 Å². The summed E-state index contributed by atoms with van der Waals surface area (Å²) >= 11 is 1.56. The highest BCUT2D eigenvalue weighted by Gasteiger charge is 2.26. The summed E-state index contributed by atoms with van der Waals surface area (Å²) < 4.78 is 10.8. The van der Waals surface area contributed by atoms with Crippen LogP contribution in [-0.4, -0.2) is 40.6 Å². The van der Waals surface area contributed by atoms with Crippen molar-refractivity contribution < 1.29 is 19.2 Å². The molecule has 1 N–H and O–H groups in total. The number of fused-ring (bicyclic) bond motifs is 1. The fraction of sp³-hybridized carbons (Fsp3) is 0.250. The molecule has 4 rings (SSSR count). The molecule has 10 heteroatoms. The van der Waals surface area contributed by atoms with Gasteiger partial charge in [0, 0.05) is 42.4 Å². The van der Waals surface area contributed by atoms with Crippen LogP contribution in [0.3, 0.4) is 0 Å². The van der Waals surface area contributed by atoms with Crippen molar-refractivity contribution in [2.75, 3.05) is 19.8 Å². The number of aromatic nitrogens is 2. The van der Waals surface area contributed by atoms with Gasteiger partial charge in [-0.1, -0.05) is 0 Å². The topological polar surface area (TPSA) is 116 Å². The lowest BCUT2D eigenvalue weighted by Gasteiger charge is -2.18. The summed E-state index contributed by atoms with van der Waals surface area (Å²) in [5, 5.41) is 17.1. The lowest BCUT2D eigenvalue weighted by atomic mass is 10.1. The summed E-state index contributed by atoms with van der Waals surface area (Å²) in [5.41, 5.74) is 1.55. The van der Waals surface area contributed by atoms with Crippen molar-refractivity contribution in [1.82, 2.24) is 15.3 Å². The molecule has 30 heavy (non-hydrogen) atoms. The third-order valence-electron chi connectivity index (χ3n) is 4.48. The Morgan fingerprint density at radius 3 is 2.67 bits per heavy atom. The Morgan fingerprint density at radius 2 is 1.93 bits per heavy atom. The van der Waals surface area contributed by atoms with E-state index in [4.69, 9.17) is 9.47 Å². The summed E-state index contributed by atoms with van der Waals surface area (Å²) in [6.07, 6.45) is 4.80. The molecule has 2 aromatic heterocycles. The van der Waals surface area contributed by atoms with Crippen molar-refractivity contribution in [3.63, 3.8) is 0 Å². The molecule has 0 bridgehead atoms. The quantitative estimate of drug-likeness (QED) is 0.350. The highest BCUT2D eigenvalue weighted by molar-refractivity contribution is 7.09. The summed E-state index contributed by atoms with van der Waals surface area (Å²) in [7, 11) is 0. The number of nitrogens with one attached hydrogen (secondary N) is 1. The van der Waals surface area contributed by atoms with E-state index in [2.05, 4.69) is 15.3 Å². The minimum absolute atomic E-state index is 0.0431. The molecule has 3 heterocycles. The van der Waals surface area contributed by atoms with Crippen LogP contribution in [0.1, 0.15) is 21.8 Å². The molecule has 1 amide bonds. The molecule has 0 saturated heterocycles. The Kier molecular flexibility index (Phi) is 5.84. The molecule has 0 spiro atoms.